The smallest absolute Gasteiger partial charge is 0.0399 e. The third-order valence-corrected chi connectivity index (χ3v) is 3.89. The second kappa shape index (κ2) is 6.24. The molecule has 1 heterocycles. The van der Waals surface area contributed by atoms with Crippen molar-refractivity contribution in [1.29, 1.82) is 0 Å². The van der Waals surface area contributed by atoms with E-state index in [-0.39, 0.29) is 0 Å². The lowest BCUT2D eigenvalue weighted by atomic mass is 10.0. The molecule has 100 valence electrons. The minimum Gasteiger partial charge on any atom is -0.371 e. The zero-order valence-electron chi connectivity index (χ0n) is 12.0. The summed E-state index contributed by atoms with van der Waals surface area (Å²) >= 11 is 0. The number of benzene rings is 1. The van der Waals surface area contributed by atoms with Gasteiger partial charge in [0.15, 0.2) is 0 Å². The zero-order chi connectivity index (χ0) is 13.0. The van der Waals surface area contributed by atoms with Crippen LogP contribution in [-0.2, 0) is 6.42 Å². The topological polar surface area (TPSA) is 15.3 Å². The fourth-order valence-electron chi connectivity index (χ4n) is 2.76. The van der Waals surface area contributed by atoms with Crippen molar-refractivity contribution in [3.8, 4) is 0 Å². The highest BCUT2D eigenvalue weighted by atomic mass is 15.1. The lowest BCUT2D eigenvalue weighted by Crippen LogP contribution is -2.21. The van der Waals surface area contributed by atoms with Crippen LogP contribution in [0.3, 0.4) is 0 Å². The zero-order valence-corrected chi connectivity index (χ0v) is 12.0. The molecule has 1 unspecified atom stereocenters. The molecule has 1 aromatic rings. The molecule has 0 aromatic heterocycles. The summed E-state index contributed by atoms with van der Waals surface area (Å²) in [4.78, 5) is 2.54. The van der Waals surface area contributed by atoms with E-state index >= 15 is 0 Å². The van der Waals surface area contributed by atoms with Crippen LogP contribution in [-0.4, -0.2) is 19.6 Å². The standard InChI is InChI=1S/C16H26N2/c1-4-6-10-18-11-9-15-12-14(7-8-16(15)18)13(3)17-5-2/h7-8,12-13,17H,4-6,9-11H2,1-3H3. The van der Waals surface area contributed by atoms with E-state index in [9.17, 15) is 0 Å². The first-order valence-electron chi connectivity index (χ1n) is 7.37. The maximum atomic E-state index is 3.48. The first-order chi connectivity index (χ1) is 8.76. The van der Waals surface area contributed by atoms with E-state index in [0.29, 0.717) is 6.04 Å². The van der Waals surface area contributed by atoms with E-state index in [1.807, 2.05) is 0 Å². The molecule has 2 heteroatoms. The molecular weight excluding hydrogens is 220 g/mol. The summed E-state index contributed by atoms with van der Waals surface area (Å²) in [6, 6.07) is 7.47. The van der Waals surface area contributed by atoms with Crippen LogP contribution >= 0.6 is 0 Å². The Balaban J connectivity index is 2.10. The second-order valence-electron chi connectivity index (χ2n) is 5.26. The molecule has 0 amide bonds. The van der Waals surface area contributed by atoms with Gasteiger partial charge < -0.3 is 10.2 Å². The van der Waals surface area contributed by atoms with E-state index in [1.165, 1.54) is 49.2 Å². The summed E-state index contributed by atoms with van der Waals surface area (Å²) in [7, 11) is 0. The van der Waals surface area contributed by atoms with Crippen LogP contribution in [0.1, 0.15) is 50.8 Å². The van der Waals surface area contributed by atoms with Crippen molar-refractivity contribution in [3.05, 3.63) is 29.3 Å². The monoisotopic (exact) mass is 246 g/mol. The first kappa shape index (κ1) is 13.4. The first-order valence-corrected chi connectivity index (χ1v) is 7.37. The number of hydrogen-bond donors (Lipinski definition) is 1. The summed E-state index contributed by atoms with van der Waals surface area (Å²) in [5.74, 6) is 0. The van der Waals surface area contributed by atoms with Gasteiger partial charge in [0.2, 0.25) is 0 Å². The Morgan fingerprint density at radius 3 is 2.89 bits per heavy atom. The molecule has 0 bridgehead atoms. The van der Waals surface area contributed by atoms with E-state index in [1.54, 1.807) is 0 Å². The summed E-state index contributed by atoms with van der Waals surface area (Å²) in [6.45, 7) is 10.1. The molecule has 0 aliphatic carbocycles. The van der Waals surface area contributed by atoms with Crippen LogP contribution in [0.15, 0.2) is 18.2 Å². The maximum absolute atomic E-state index is 3.48. The molecule has 0 radical (unpaired) electrons. The van der Waals surface area contributed by atoms with Gasteiger partial charge in [0, 0.05) is 24.8 Å². The van der Waals surface area contributed by atoms with E-state index in [2.05, 4.69) is 49.2 Å². The van der Waals surface area contributed by atoms with E-state index < -0.39 is 0 Å². The van der Waals surface area contributed by atoms with Crippen molar-refractivity contribution < 1.29 is 0 Å². The summed E-state index contributed by atoms with van der Waals surface area (Å²) in [6.07, 6.45) is 3.79. The van der Waals surface area contributed by atoms with Crippen molar-refractivity contribution in [2.75, 3.05) is 24.5 Å². The molecule has 1 N–H and O–H groups in total. The molecule has 1 aromatic carbocycles. The lowest BCUT2D eigenvalue weighted by molar-refractivity contribution is 0.598. The average molecular weight is 246 g/mol. The van der Waals surface area contributed by atoms with Crippen LogP contribution in [0, 0.1) is 0 Å². The van der Waals surface area contributed by atoms with E-state index in [0.717, 1.165) is 6.54 Å². The molecule has 2 nitrogen and oxygen atoms in total. The summed E-state index contributed by atoms with van der Waals surface area (Å²) < 4.78 is 0. The van der Waals surface area contributed by atoms with Gasteiger partial charge in [-0.25, -0.2) is 0 Å². The Labute approximate surface area is 111 Å². The van der Waals surface area contributed by atoms with Gasteiger partial charge in [-0.15, -0.1) is 0 Å². The normalized spacial score (nSPS) is 15.8. The summed E-state index contributed by atoms with van der Waals surface area (Å²) in [5.41, 5.74) is 4.43. The van der Waals surface area contributed by atoms with Gasteiger partial charge in [0.25, 0.3) is 0 Å². The summed E-state index contributed by atoms with van der Waals surface area (Å²) in [5, 5.41) is 3.48. The van der Waals surface area contributed by atoms with Crippen molar-refractivity contribution in [3.63, 3.8) is 0 Å². The molecule has 0 fully saturated rings. The van der Waals surface area contributed by atoms with Crippen LogP contribution in [0.2, 0.25) is 0 Å². The molecule has 0 spiro atoms. The Hall–Kier alpha value is -1.02. The minimum absolute atomic E-state index is 0.463. The van der Waals surface area contributed by atoms with Gasteiger partial charge in [-0.2, -0.15) is 0 Å². The van der Waals surface area contributed by atoms with Crippen molar-refractivity contribution in [1.82, 2.24) is 5.32 Å². The molecule has 18 heavy (non-hydrogen) atoms. The van der Waals surface area contributed by atoms with Crippen molar-refractivity contribution >= 4 is 5.69 Å². The fraction of sp³-hybridized carbons (Fsp3) is 0.625. The molecule has 0 saturated carbocycles. The predicted molar refractivity (Wildman–Crippen MR) is 79.4 cm³/mol. The molecule has 1 aliphatic rings. The fourth-order valence-corrected chi connectivity index (χ4v) is 2.76. The number of hydrogen-bond acceptors (Lipinski definition) is 2. The second-order valence-corrected chi connectivity index (χ2v) is 5.26. The number of anilines is 1. The average Bonchev–Trinajstić information content (AvgIpc) is 2.79. The van der Waals surface area contributed by atoms with E-state index in [4.69, 9.17) is 0 Å². The Bertz CT molecular complexity index is 387. The number of rotatable bonds is 6. The third-order valence-electron chi connectivity index (χ3n) is 3.89. The Morgan fingerprint density at radius 2 is 2.17 bits per heavy atom. The van der Waals surface area contributed by atoms with Gasteiger partial charge in [0.1, 0.15) is 0 Å². The molecule has 2 rings (SSSR count). The van der Waals surface area contributed by atoms with Crippen LogP contribution in [0.4, 0.5) is 5.69 Å². The van der Waals surface area contributed by atoms with Gasteiger partial charge in [0.05, 0.1) is 0 Å². The van der Waals surface area contributed by atoms with Gasteiger partial charge in [-0.3, -0.25) is 0 Å². The predicted octanol–water partition coefficient (Wildman–Crippen LogP) is 3.52. The Morgan fingerprint density at radius 1 is 1.33 bits per heavy atom. The highest BCUT2D eigenvalue weighted by Crippen LogP contribution is 2.30. The van der Waals surface area contributed by atoms with Gasteiger partial charge in [-0.05, 0) is 43.5 Å². The van der Waals surface area contributed by atoms with Crippen LogP contribution in [0.5, 0.6) is 0 Å². The number of nitrogens with zero attached hydrogens (tertiary/aromatic N) is 1. The molecular formula is C16H26N2. The number of fused-ring (bicyclic) bond motifs is 1. The highest BCUT2D eigenvalue weighted by Gasteiger charge is 2.19. The largest absolute Gasteiger partial charge is 0.371 e. The molecule has 1 aliphatic heterocycles. The third kappa shape index (κ3) is 2.86. The quantitative estimate of drug-likeness (QED) is 0.826. The van der Waals surface area contributed by atoms with Crippen LogP contribution < -0.4 is 10.2 Å². The van der Waals surface area contributed by atoms with Gasteiger partial charge in [-0.1, -0.05) is 32.4 Å². The Kier molecular flexibility index (Phi) is 4.65. The number of unbranched alkanes of at least 4 members (excludes halogenated alkanes) is 1. The lowest BCUT2D eigenvalue weighted by Gasteiger charge is -2.20. The molecule has 0 saturated heterocycles. The van der Waals surface area contributed by atoms with Crippen molar-refractivity contribution in [2.24, 2.45) is 0 Å². The molecule has 1 atom stereocenters. The minimum atomic E-state index is 0.463. The van der Waals surface area contributed by atoms with Gasteiger partial charge >= 0.3 is 0 Å². The maximum Gasteiger partial charge on any atom is 0.0399 e. The SMILES string of the molecule is CCCCN1CCc2cc(C(C)NCC)ccc21. The van der Waals surface area contributed by atoms with Crippen molar-refractivity contribution in [2.45, 2.75) is 46.1 Å². The number of nitrogens with one attached hydrogen (secondary N) is 1. The highest BCUT2D eigenvalue weighted by molar-refractivity contribution is 5.59. The van der Waals surface area contributed by atoms with Crippen LogP contribution in [0.25, 0.3) is 0 Å².